The van der Waals surface area contributed by atoms with Crippen LogP contribution in [0.25, 0.3) is 0 Å². The summed E-state index contributed by atoms with van der Waals surface area (Å²) in [5.41, 5.74) is 0.532. The van der Waals surface area contributed by atoms with E-state index in [-0.39, 0.29) is 0 Å². The quantitative estimate of drug-likeness (QED) is 0.821. The monoisotopic (exact) mass is 207 g/mol. The molecule has 0 aliphatic carbocycles. The summed E-state index contributed by atoms with van der Waals surface area (Å²) >= 11 is 0. The fourth-order valence-electron chi connectivity index (χ4n) is 1.26. The zero-order valence-electron chi connectivity index (χ0n) is 7.77. The summed E-state index contributed by atoms with van der Waals surface area (Å²) in [6.07, 6.45) is -2.33. The molecular formula is C9H12F3NO. The van der Waals surface area contributed by atoms with Crippen LogP contribution in [0.4, 0.5) is 13.2 Å². The van der Waals surface area contributed by atoms with Gasteiger partial charge in [0.25, 0.3) is 0 Å². The number of alkyl halides is 3. The van der Waals surface area contributed by atoms with Crippen LogP contribution < -0.4 is 5.32 Å². The Morgan fingerprint density at radius 1 is 1.50 bits per heavy atom. The van der Waals surface area contributed by atoms with Crippen LogP contribution >= 0.6 is 0 Å². The number of halogens is 3. The fraction of sp³-hybridized carbons (Fsp3) is 0.556. The van der Waals surface area contributed by atoms with Gasteiger partial charge >= 0.3 is 6.18 Å². The first-order valence-electron chi connectivity index (χ1n) is 4.35. The molecule has 5 heteroatoms. The van der Waals surface area contributed by atoms with Crippen LogP contribution in [0.15, 0.2) is 23.0 Å². The molecule has 80 valence electrons. The van der Waals surface area contributed by atoms with Crippen molar-refractivity contribution in [1.82, 2.24) is 5.32 Å². The van der Waals surface area contributed by atoms with Crippen molar-refractivity contribution in [3.63, 3.8) is 0 Å². The van der Waals surface area contributed by atoms with Gasteiger partial charge in [-0.2, -0.15) is 13.2 Å². The summed E-state index contributed by atoms with van der Waals surface area (Å²) in [4.78, 5) is 0. The van der Waals surface area contributed by atoms with Crippen LogP contribution in [0.5, 0.6) is 0 Å². The summed E-state index contributed by atoms with van der Waals surface area (Å²) in [6.45, 7) is 2.26. The fourth-order valence-corrected chi connectivity index (χ4v) is 1.26. The first-order valence-corrected chi connectivity index (χ1v) is 4.35. The van der Waals surface area contributed by atoms with Crippen molar-refractivity contribution >= 4 is 0 Å². The Bertz CT molecular complexity index is 256. The maximum absolute atomic E-state index is 12.2. The number of rotatable bonds is 4. The highest BCUT2D eigenvalue weighted by Gasteiger charge is 2.32. The molecule has 0 saturated heterocycles. The van der Waals surface area contributed by atoms with Gasteiger partial charge in [0.15, 0.2) is 0 Å². The highest BCUT2D eigenvalue weighted by atomic mass is 19.4. The van der Waals surface area contributed by atoms with Crippen LogP contribution in [-0.4, -0.2) is 12.7 Å². The number of hydrogen-bond acceptors (Lipinski definition) is 2. The molecule has 14 heavy (non-hydrogen) atoms. The number of hydrogen-bond donors (Lipinski definition) is 1. The zero-order chi connectivity index (χ0) is 10.6. The van der Waals surface area contributed by atoms with E-state index < -0.39 is 18.6 Å². The van der Waals surface area contributed by atoms with Gasteiger partial charge in [-0.1, -0.05) is 6.92 Å². The van der Waals surface area contributed by atoms with E-state index in [1.54, 1.807) is 13.0 Å². The van der Waals surface area contributed by atoms with E-state index in [4.69, 9.17) is 4.42 Å². The molecule has 0 spiro atoms. The van der Waals surface area contributed by atoms with E-state index >= 15 is 0 Å². The van der Waals surface area contributed by atoms with Gasteiger partial charge in [0.2, 0.25) is 0 Å². The van der Waals surface area contributed by atoms with E-state index in [1.807, 2.05) is 0 Å². The molecule has 1 aromatic rings. The van der Waals surface area contributed by atoms with Crippen molar-refractivity contribution in [3.8, 4) is 0 Å². The first kappa shape index (κ1) is 11.1. The average molecular weight is 207 g/mol. The van der Waals surface area contributed by atoms with Crippen LogP contribution in [0, 0.1) is 0 Å². The van der Waals surface area contributed by atoms with Crippen LogP contribution in [0.3, 0.4) is 0 Å². The maximum atomic E-state index is 12.2. The Morgan fingerprint density at radius 2 is 2.21 bits per heavy atom. The van der Waals surface area contributed by atoms with Gasteiger partial charge in [-0.15, -0.1) is 0 Å². The molecule has 0 aliphatic rings. The second-order valence-electron chi connectivity index (χ2n) is 2.99. The smallest absolute Gasteiger partial charge is 0.390 e. The standard InChI is InChI=1S/C9H12F3NO/c1-2-13-8(5-9(10,11)12)7-3-4-14-6-7/h3-4,6,8,13H,2,5H2,1H3. The molecule has 1 aromatic heterocycles. The molecule has 0 aromatic carbocycles. The first-order chi connectivity index (χ1) is 6.53. The molecule has 1 rings (SSSR count). The van der Waals surface area contributed by atoms with E-state index in [1.165, 1.54) is 12.5 Å². The second-order valence-corrected chi connectivity index (χ2v) is 2.99. The minimum absolute atomic E-state index is 0.492. The van der Waals surface area contributed by atoms with Crippen molar-refractivity contribution in [2.45, 2.75) is 25.6 Å². The summed E-state index contributed by atoms with van der Waals surface area (Å²) < 4.78 is 41.2. The lowest BCUT2D eigenvalue weighted by Gasteiger charge is -2.17. The van der Waals surface area contributed by atoms with E-state index in [0.717, 1.165) is 0 Å². The molecule has 1 unspecified atom stereocenters. The highest BCUT2D eigenvalue weighted by Crippen LogP contribution is 2.29. The highest BCUT2D eigenvalue weighted by molar-refractivity contribution is 5.11. The molecule has 0 saturated carbocycles. The summed E-state index contributed by atoms with van der Waals surface area (Å²) in [6, 6.07) is 0.831. The Morgan fingerprint density at radius 3 is 2.64 bits per heavy atom. The molecule has 1 atom stereocenters. The predicted molar refractivity (Wildman–Crippen MR) is 45.8 cm³/mol. The minimum Gasteiger partial charge on any atom is -0.472 e. The largest absolute Gasteiger partial charge is 0.472 e. The summed E-state index contributed by atoms with van der Waals surface area (Å²) in [5.74, 6) is 0. The molecular weight excluding hydrogens is 195 g/mol. The van der Waals surface area contributed by atoms with Crippen molar-refractivity contribution in [2.75, 3.05) is 6.54 Å². The number of furan rings is 1. The molecule has 0 fully saturated rings. The lowest BCUT2D eigenvalue weighted by molar-refractivity contribution is -0.140. The van der Waals surface area contributed by atoms with Gasteiger partial charge in [0.05, 0.1) is 18.9 Å². The van der Waals surface area contributed by atoms with Gasteiger partial charge in [-0.05, 0) is 12.6 Å². The molecule has 1 heterocycles. The molecule has 0 aliphatic heterocycles. The van der Waals surface area contributed by atoms with E-state index in [9.17, 15) is 13.2 Å². The summed E-state index contributed by atoms with van der Waals surface area (Å²) in [7, 11) is 0. The van der Waals surface area contributed by atoms with Crippen LogP contribution in [0.2, 0.25) is 0 Å². The second kappa shape index (κ2) is 4.50. The van der Waals surface area contributed by atoms with Gasteiger partial charge in [-0.3, -0.25) is 0 Å². The Kier molecular flexibility index (Phi) is 3.57. The van der Waals surface area contributed by atoms with Crippen molar-refractivity contribution in [3.05, 3.63) is 24.2 Å². The van der Waals surface area contributed by atoms with Gasteiger partial charge in [0.1, 0.15) is 0 Å². The third-order valence-electron chi connectivity index (χ3n) is 1.83. The zero-order valence-corrected chi connectivity index (χ0v) is 7.77. The van der Waals surface area contributed by atoms with Crippen molar-refractivity contribution in [1.29, 1.82) is 0 Å². The lowest BCUT2D eigenvalue weighted by Crippen LogP contribution is -2.26. The minimum atomic E-state index is -4.16. The Hall–Kier alpha value is -0.970. The van der Waals surface area contributed by atoms with Crippen LogP contribution in [-0.2, 0) is 0 Å². The number of nitrogens with one attached hydrogen (secondary N) is 1. The van der Waals surface area contributed by atoms with E-state index in [2.05, 4.69) is 5.32 Å². The van der Waals surface area contributed by atoms with E-state index in [0.29, 0.717) is 12.1 Å². The molecule has 2 nitrogen and oxygen atoms in total. The summed E-state index contributed by atoms with van der Waals surface area (Å²) in [5, 5.41) is 2.76. The van der Waals surface area contributed by atoms with Crippen molar-refractivity contribution < 1.29 is 17.6 Å². The normalized spacial score (nSPS) is 14.3. The molecule has 0 radical (unpaired) electrons. The van der Waals surface area contributed by atoms with Gasteiger partial charge < -0.3 is 9.73 Å². The van der Waals surface area contributed by atoms with Gasteiger partial charge in [-0.25, -0.2) is 0 Å². The molecule has 0 bridgehead atoms. The van der Waals surface area contributed by atoms with Crippen molar-refractivity contribution in [2.24, 2.45) is 0 Å². The third kappa shape index (κ3) is 3.41. The third-order valence-corrected chi connectivity index (χ3v) is 1.83. The predicted octanol–water partition coefficient (Wildman–Crippen LogP) is 2.88. The van der Waals surface area contributed by atoms with Gasteiger partial charge in [0, 0.05) is 11.6 Å². The molecule has 1 N–H and O–H groups in total. The SMILES string of the molecule is CCNC(CC(F)(F)F)c1ccoc1. The maximum Gasteiger partial charge on any atom is 0.390 e. The Balaban J connectivity index is 2.65. The lowest BCUT2D eigenvalue weighted by atomic mass is 10.1. The molecule has 0 amide bonds. The van der Waals surface area contributed by atoms with Crippen LogP contribution in [0.1, 0.15) is 24.9 Å². The topological polar surface area (TPSA) is 25.2 Å². The Labute approximate surface area is 80.1 Å². The average Bonchev–Trinajstić information content (AvgIpc) is 2.52.